The minimum absolute atomic E-state index is 0. The highest BCUT2D eigenvalue weighted by atomic mass is 35.5. The maximum atomic E-state index is 12.4. The van der Waals surface area contributed by atoms with Crippen LogP contribution in [0.4, 0.5) is 13.2 Å². The third kappa shape index (κ3) is 5.00. The molecule has 0 aromatic carbocycles. The van der Waals surface area contributed by atoms with E-state index in [4.69, 9.17) is 0 Å². The number of halogens is 4. The van der Waals surface area contributed by atoms with Gasteiger partial charge in [-0.05, 0) is 6.92 Å². The predicted octanol–water partition coefficient (Wildman–Crippen LogP) is 1.66. The van der Waals surface area contributed by atoms with Crippen molar-refractivity contribution in [1.29, 1.82) is 0 Å². The molecule has 1 saturated heterocycles. The van der Waals surface area contributed by atoms with Gasteiger partial charge in [-0.25, -0.2) is 4.98 Å². The third-order valence-electron chi connectivity index (χ3n) is 2.97. The van der Waals surface area contributed by atoms with Crippen LogP contribution in [0.3, 0.4) is 0 Å². The molecule has 1 aliphatic heterocycles. The fraction of sp³-hybridized carbons (Fsp3) is 0.727. The Morgan fingerprint density at radius 3 is 2.84 bits per heavy atom. The summed E-state index contributed by atoms with van der Waals surface area (Å²) in [5.41, 5.74) is 0. The largest absolute Gasteiger partial charge is 0.406 e. The van der Waals surface area contributed by atoms with Crippen LogP contribution in [0.5, 0.6) is 0 Å². The van der Waals surface area contributed by atoms with E-state index in [0.29, 0.717) is 18.4 Å². The van der Waals surface area contributed by atoms with E-state index < -0.39 is 12.7 Å². The van der Waals surface area contributed by atoms with Gasteiger partial charge in [-0.2, -0.15) is 13.2 Å². The van der Waals surface area contributed by atoms with Crippen LogP contribution in [0.1, 0.15) is 12.7 Å². The lowest BCUT2D eigenvalue weighted by atomic mass is 10.2. The standard InChI is InChI=1S/C11H17F3N4.ClH/c1-9-6-17(4-2-15-9)7-10-16-3-5-18(10)8-11(12,13)14;/h3,5,9,15H,2,4,6-8H2,1H3;1H/t9-;/m1./s1. The van der Waals surface area contributed by atoms with Crippen molar-refractivity contribution >= 4 is 12.4 Å². The summed E-state index contributed by atoms with van der Waals surface area (Å²) in [5.74, 6) is 0.474. The second-order valence-corrected chi connectivity index (χ2v) is 4.68. The van der Waals surface area contributed by atoms with E-state index in [2.05, 4.69) is 22.1 Å². The quantitative estimate of drug-likeness (QED) is 0.921. The Bertz CT molecular complexity index is 394. The van der Waals surface area contributed by atoms with Gasteiger partial charge in [0.25, 0.3) is 0 Å². The summed E-state index contributed by atoms with van der Waals surface area (Å²) < 4.78 is 38.3. The average Bonchev–Trinajstić information content (AvgIpc) is 2.63. The predicted molar refractivity (Wildman–Crippen MR) is 68.3 cm³/mol. The minimum Gasteiger partial charge on any atom is -0.325 e. The van der Waals surface area contributed by atoms with Crippen LogP contribution in [-0.2, 0) is 13.1 Å². The molecule has 0 saturated carbocycles. The van der Waals surface area contributed by atoms with Gasteiger partial charge in [-0.1, -0.05) is 0 Å². The monoisotopic (exact) mass is 298 g/mol. The summed E-state index contributed by atoms with van der Waals surface area (Å²) in [4.78, 5) is 6.14. The van der Waals surface area contributed by atoms with Crippen LogP contribution in [0.25, 0.3) is 0 Å². The number of aromatic nitrogens is 2. The van der Waals surface area contributed by atoms with Crippen molar-refractivity contribution < 1.29 is 13.2 Å². The molecule has 1 aromatic heterocycles. The SMILES string of the molecule is C[C@@H]1CN(Cc2nccn2CC(F)(F)F)CCN1.Cl. The first kappa shape index (κ1) is 16.3. The van der Waals surface area contributed by atoms with Gasteiger partial charge in [0, 0.05) is 38.1 Å². The topological polar surface area (TPSA) is 33.1 Å². The molecule has 8 heteroatoms. The highest BCUT2D eigenvalue weighted by Crippen LogP contribution is 2.18. The molecule has 4 nitrogen and oxygen atoms in total. The van der Waals surface area contributed by atoms with E-state index in [9.17, 15) is 13.2 Å². The van der Waals surface area contributed by atoms with E-state index in [1.807, 2.05) is 0 Å². The third-order valence-corrected chi connectivity index (χ3v) is 2.97. The Kier molecular flexibility index (Phi) is 5.64. The highest BCUT2D eigenvalue weighted by molar-refractivity contribution is 5.85. The summed E-state index contributed by atoms with van der Waals surface area (Å²) >= 11 is 0. The zero-order valence-electron chi connectivity index (χ0n) is 10.7. The van der Waals surface area contributed by atoms with Gasteiger partial charge in [0.05, 0.1) is 6.54 Å². The van der Waals surface area contributed by atoms with Crippen LogP contribution in [0, 0.1) is 0 Å². The van der Waals surface area contributed by atoms with Crippen molar-refractivity contribution in [2.75, 3.05) is 19.6 Å². The van der Waals surface area contributed by atoms with E-state index in [1.165, 1.54) is 17.0 Å². The molecule has 110 valence electrons. The molecule has 0 unspecified atom stereocenters. The Morgan fingerprint density at radius 2 is 2.21 bits per heavy atom. The van der Waals surface area contributed by atoms with Crippen LogP contribution < -0.4 is 5.32 Å². The molecule has 0 amide bonds. The maximum Gasteiger partial charge on any atom is 0.406 e. The van der Waals surface area contributed by atoms with Gasteiger partial charge >= 0.3 is 6.18 Å². The average molecular weight is 299 g/mol. The Morgan fingerprint density at radius 1 is 1.47 bits per heavy atom. The first-order chi connectivity index (χ1) is 8.44. The maximum absolute atomic E-state index is 12.4. The van der Waals surface area contributed by atoms with E-state index in [1.54, 1.807) is 0 Å². The summed E-state index contributed by atoms with van der Waals surface area (Å²) in [6.45, 7) is 4.09. The lowest BCUT2D eigenvalue weighted by molar-refractivity contribution is -0.141. The first-order valence-electron chi connectivity index (χ1n) is 5.96. The number of nitrogens with zero attached hydrogens (tertiary/aromatic N) is 3. The molecule has 0 aliphatic carbocycles. The van der Waals surface area contributed by atoms with Crippen LogP contribution in [-0.4, -0.2) is 46.3 Å². The summed E-state index contributed by atoms with van der Waals surface area (Å²) in [5, 5.41) is 3.30. The second-order valence-electron chi connectivity index (χ2n) is 4.68. The van der Waals surface area contributed by atoms with Gasteiger partial charge < -0.3 is 9.88 Å². The molecule has 1 fully saturated rings. The molecule has 19 heavy (non-hydrogen) atoms. The van der Waals surface area contributed by atoms with Crippen molar-refractivity contribution in [2.45, 2.75) is 32.2 Å². The van der Waals surface area contributed by atoms with Gasteiger partial charge in [-0.3, -0.25) is 4.90 Å². The Hall–Kier alpha value is -0.790. The Balaban J connectivity index is 0.00000180. The highest BCUT2D eigenvalue weighted by Gasteiger charge is 2.29. The molecule has 1 N–H and O–H groups in total. The van der Waals surface area contributed by atoms with Crippen molar-refractivity contribution in [3.05, 3.63) is 18.2 Å². The van der Waals surface area contributed by atoms with Crippen LogP contribution >= 0.6 is 12.4 Å². The van der Waals surface area contributed by atoms with Gasteiger partial charge in [0.15, 0.2) is 0 Å². The number of piperazine rings is 1. The van der Waals surface area contributed by atoms with Crippen molar-refractivity contribution in [3.63, 3.8) is 0 Å². The molecule has 0 spiro atoms. The molecular weight excluding hydrogens is 281 g/mol. The zero-order valence-corrected chi connectivity index (χ0v) is 11.5. The lowest BCUT2D eigenvalue weighted by Crippen LogP contribution is -2.49. The number of hydrogen-bond donors (Lipinski definition) is 1. The molecule has 0 radical (unpaired) electrons. The minimum atomic E-state index is -4.20. The lowest BCUT2D eigenvalue weighted by Gasteiger charge is -2.31. The molecule has 1 aliphatic rings. The number of hydrogen-bond acceptors (Lipinski definition) is 3. The van der Waals surface area contributed by atoms with E-state index >= 15 is 0 Å². The number of nitrogens with one attached hydrogen (secondary N) is 1. The molecule has 2 heterocycles. The molecule has 1 aromatic rings. The normalized spacial score (nSPS) is 21.2. The smallest absolute Gasteiger partial charge is 0.325 e. The number of imidazole rings is 1. The van der Waals surface area contributed by atoms with Crippen LogP contribution in [0.15, 0.2) is 12.4 Å². The number of rotatable bonds is 3. The fourth-order valence-electron chi connectivity index (χ4n) is 2.18. The molecule has 2 rings (SSSR count). The summed E-state index contributed by atoms with van der Waals surface area (Å²) in [6, 6.07) is 0.366. The van der Waals surface area contributed by atoms with Gasteiger partial charge in [0.2, 0.25) is 0 Å². The van der Waals surface area contributed by atoms with Gasteiger partial charge in [-0.15, -0.1) is 12.4 Å². The number of alkyl halides is 3. The first-order valence-corrected chi connectivity index (χ1v) is 5.96. The molecule has 1 atom stereocenters. The summed E-state index contributed by atoms with van der Waals surface area (Å²) in [7, 11) is 0. The Labute approximate surface area is 116 Å². The van der Waals surface area contributed by atoms with Crippen LogP contribution in [0.2, 0.25) is 0 Å². The van der Waals surface area contributed by atoms with Gasteiger partial charge in [0.1, 0.15) is 12.4 Å². The zero-order chi connectivity index (χ0) is 13.2. The molecule has 0 bridgehead atoms. The summed E-state index contributed by atoms with van der Waals surface area (Å²) in [6.07, 6.45) is -1.40. The molecular formula is C11H18ClF3N4. The van der Waals surface area contributed by atoms with Crippen molar-refractivity contribution in [3.8, 4) is 0 Å². The van der Waals surface area contributed by atoms with Crippen molar-refractivity contribution in [1.82, 2.24) is 19.8 Å². The fourth-order valence-corrected chi connectivity index (χ4v) is 2.18. The van der Waals surface area contributed by atoms with Crippen molar-refractivity contribution in [2.24, 2.45) is 0 Å². The van der Waals surface area contributed by atoms with E-state index in [-0.39, 0.29) is 12.4 Å². The second kappa shape index (κ2) is 6.58. The van der Waals surface area contributed by atoms with E-state index in [0.717, 1.165) is 19.6 Å².